The number of aryl methyl sites for hydroxylation is 1. The van der Waals surface area contributed by atoms with Gasteiger partial charge in [0.1, 0.15) is 5.72 Å². The topological polar surface area (TPSA) is 109 Å². The van der Waals surface area contributed by atoms with Gasteiger partial charge in [-0.1, -0.05) is 24.3 Å². The maximum atomic E-state index is 13.0. The van der Waals surface area contributed by atoms with Crippen LogP contribution in [-0.4, -0.2) is 47.9 Å². The molecule has 2 N–H and O–H groups in total. The van der Waals surface area contributed by atoms with Gasteiger partial charge in [0, 0.05) is 28.9 Å². The molecule has 3 aromatic rings. The number of rotatable bonds is 6. The van der Waals surface area contributed by atoms with Crippen LogP contribution in [0.1, 0.15) is 25.8 Å². The van der Waals surface area contributed by atoms with Gasteiger partial charge in [-0.2, -0.15) is 0 Å². The second-order valence-corrected chi connectivity index (χ2v) is 9.91. The molecule has 9 heteroatoms. The highest BCUT2D eigenvalue weighted by Crippen LogP contribution is 2.30. The highest BCUT2D eigenvalue weighted by atomic mass is 32.2. The summed E-state index contributed by atoms with van der Waals surface area (Å²) in [4.78, 5) is 17.2. The SMILES string of the molecule is CC1(C)OC[C@H](CCc2ccc(NS(=O)(=O)c3cccc4cnccc34)cc2)N1C(=O)O. The third-order valence-electron chi connectivity index (χ3n) is 5.68. The minimum Gasteiger partial charge on any atom is -0.465 e. The van der Waals surface area contributed by atoms with Crippen LogP contribution in [0.5, 0.6) is 0 Å². The van der Waals surface area contributed by atoms with Crippen LogP contribution in [-0.2, 0) is 21.2 Å². The summed E-state index contributed by atoms with van der Waals surface area (Å²) in [6.45, 7) is 3.85. The first-order valence-electron chi connectivity index (χ1n) is 10.3. The van der Waals surface area contributed by atoms with E-state index in [0.717, 1.165) is 10.9 Å². The molecule has 4 rings (SSSR count). The highest BCUT2D eigenvalue weighted by Gasteiger charge is 2.43. The van der Waals surface area contributed by atoms with Crippen molar-refractivity contribution >= 4 is 32.6 Å². The van der Waals surface area contributed by atoms with Gasteiger partial charge < -0.3 is 9.84 Å². The Labute approximate surface area is 186 Å². The number of fused-ring (bicyclic) bond motifs is 1. The Morgan fingerprint density at radius 1 is 1.22 bits per heavy atom. The summed E-state index contributed by atoms with van der Waals surface area (Å²) in [7, 11) is -3.77. The molecule has 1 fully saturated rings. The normalized spacial score (nSPS) is 18.1. The molecule has 0 aliphatic carbocycles. The zero-order chi connectivity index (χ0) is 22.9. The fraction of sp³-hybridized carbons (Fsp3) is 0.304. The van der Waals surface area contributed by atoms with Crippen molar-refractivity contribution in [2.45, 2.75) is 43.4 Å². The lowest BCUT2D eigenvalue weighted by Gasteiger charge is -2.31. The summed E-state index contributed by atoms with van der Waals surface area (Å²) in [5.74, 6) is 0. The molecule has 8 nitrogen and oxygen atoms in total. The zero-order valence-corrected chi connectivity index (χ0v) is 18.7. The average Bonchev–Trinajstić information content (AvgIpc) is 3.07. The Morgan fingerprint density at radius 2 is 1.97 bits per heavy atom. The zero-order valence-electron chi connectivity index (χ0n) is 17.9. The summed E-state index contributed by atoms with van der Waals surface area (Å²) in [5, 5.41) is 10.9. The molecule has 2 heterocycles. The van der Waals surface area contributed by atoms with E-state index in [4.69, 9.17) is 4.74 Å². The number of aromatic nitrogens is 1. The Kier molecular flexibility index (Phi) is 5.79. The van der Waals surface area contributed by atoms with E-state index in [0.29, 0.717) is 30.5 Å². The van der Waals surface area contributed by atoms with E-state index in [2.05, 4.69) is 9.71 Å². The molecule has 1 saturated heterocycles. The van der Waals surface area contributed by atoms with Crippen molar-refractivity contribution in [1.29, 1.82) is 0 Å². The van der Waals surface area contributed by atoms with E-state index in [9.17, 15) is 18.3 Å². The van der Waals surface area contributed by atoms with Gasteiger partial charge in [0.15, 0.2) is 0 Å². The highest BCUT2D eigenvalue weighted by molar-refractivity contribution is 7.93. The van der Waals surface area contributed by atoms with Gasteiger partial charge in [-0.05, 0) is 56.5 Å². The van der Waals surface area contributed by atoms with Gasteiger partial charge in [-0.15, -0.1) is 0 Å². The first-order valence-corrected chi connectivity index (χ1v) is 11.8. The number of hydrogen-bond acceptors (Lipinski definition) is 5. The molecule has 32 heavy (non-hydrogen) atoms. The van der Waals surface area contributed by atoms with Crippen molar-refractivity contribution in [2.24, 2.45) is 0 Å². The van der Waals surface area contributed by atoms with Crippen LogP contribution in [0.4, 0.5) is 10.5 Å². The number of anilines is 1. The number of nitrogens with one attached hydrogen (secondary N) is 1. The van der Waals surface area contributed by atoms with Crippen LogP contribution in [0.3, 0.4) is 0 Å². The van der Waals surface area contributed by atoms with Crippen LogP contribution in [0.25, 0.3) is 10.8 Å². The molecular weight excluding hydrogens is 430 g/mol. The Hall–Kier alpha value is -3.17. The number of ether oxygens (including phenoxy) is 1. The lowest BCUT2D eigenvalue weighted by molar-refractivity contribution is -0.0421. The van der Waals surface area contributed by atoms with Crippen molar-refractivity contribution in [1.82, 2.24) is 9.88 Å². The summed E-state index contributed by atoms with van der Waals surface area (Å²) in [6.07, 6.45) is 3.47. The van der Waals surface area contributed by atoms with Gasteiger partial charge in [0.2, 0.25) is 0 Å². The van der Waals surface area contributed by atoms with Crippen molar-refractivity contribution in [3.05, 3.63) is 66.5 Å². The summed E-state index contributed by atoms with van der Waals surface area (Å²) >= 11 is 0. The van der Waals surface area contributed by atoms with E-state index in [1.54, 1.807) is 56.6 Å². The van der Waals surface area contributed by atoms with E-state index in [-0.39, 0.29) is 10.9 Å². The maximum absolute atomic E-state index is 13.0. The number of amides is 1. The molecule has 0 radical (unpaired) electrons. The maximum Gasteiger partial charge on any atom is 0.409 e. The molecule has 1 aliphatic heterocycles. The quantitative estimate of drug-likeness (QED) is 0.580. The molecule has 1 amide bonds. The molecule has 0 saturated carbocycles. The monoisotopic (exact) mass is 455 g/mol. The van der Waals surface area contributed by atoms with Crippen molar-refractivity contribution in [2.75, 3.05) is 11.3 Å². The van der Waals surface area contributed by atoms with E-state index >= 15 is 0 Å². The summed E-state index contributed by atoms with van der Waals surface area (Å²) in [6, 6.07) is 13.6. The van der Waals surface area contributed by atoms with Crippen molar-refractivity contribution < 1.29 is 23.1 Å². The van der Waals surface area contributed by atoms with Crippen LogP contribution < -0.4 is 4.72 Å². The third kappa shape index (κ3) is 4.39. The van der Waals surface area contributed by atoms with Gasteiger partial charge >= 0.3 is 6.09 Å². The second kappa shape index (κ2) is 8.40. The van der Waals surface area contributed by atoms with Crippen LogP contribution in [0.15, 0.2) is 65.8 Å². The first kappa shape index (κ1) is 22.0. The molecule has 168 valence electrons. The fourth-order valence-corrected chi connectivity index (χ4v) is 5.38. The minimum absolute atomic E-state index is 0.194. The molecule has 0 bridgehead atoms. The Bertz CT molecular complexity index is 1240. The van der Waals surface area contributed by atoms with Crippen LogP contribution in [0.2, 0.25) is 0 Å². The standard InChI is InChI=1S/C23H25N3O5S/c1-23(2)26(22(27)28)19(15-31-23)11-8-16-6-9-18(10-7-16)25-32(29,30)21-5-3-4-17-14-24-13-12-20(17)21/h3-7,9-10,12-14,19,25H,8,11,15H2,1-2H3,(H,27,28)/t19-/m0/s1. The average molecular weight is 456 g/mol. The number of sulfonamides is 1. The Balaban J connectivity index is 1.44. The van der Waals surface area contributed by atoms with E-state index in [1.165, 1.54) is 4.90 Å². The van der Waals surface area contributed by atoms with E-state index < -0.39 is 21.8 Å². The number of carbonyl (C=O) groups is 1. The lowest BCUT2D eigenvalue weighted by Crippen LogP contribution is -2.47. The number of nitrogens with zero attached hydrogens (tertiary/aromatic N) is 2. The number of pyridine rings is 1. The van der Waals surface area contributed by atoms with Gasteiger partial charge in [-0.25, -0.2) is 13.2 Å². The smallest absolute Gasteiger partial charge is 0.409 e. The fourth-order valence-electron chi connectivity index (χ4n) is 4.09. The van der Waals surface area contributed by atoms with E-state index in [1.807, 2.05) is 18.2 Å². The molecular formula is C23H25N3O5S. The molecule has 1 atom stereocenters. The van der Waals surface area contributed by atoms with Crippen molar-refractivity contribution in [3.8, 4) is 0 Å². The number of benzene rings is 2. The molecule has 0 spiro atoms. The van der Waals surface area contributed by atoms with Crippen molar-refractivity contribution in [3.63, 3.8) is 0 Å². The largest absolute Gasteiger partial charge is 0.465 e. The minimum atomic E-state index is -3.77. The second-order valence-electron chi connectivity index (χ2n) is 8.26. The predicted octanol–water partition coefficient (Wildman–Crippen LogP) is 4.08. The van der Waals surface area contributed by atoms with Gasteiger partial charge in [0.25, 0.3) is 10.0 Å². The van der Waals surface area contributed by atoms with Crippen LogP contribution >= 0.6 is 0 Å². The number of hydrogen-bond donors (Lipinski definition) is 2. The molecule has 0 unspecified atom stereocenters. The molecule has 1 aromatic heterocycles. The summed E-state index contributed by atoms with van der Waals surface area (Å²) in [5.41, 5.74) is 0.604. The van der Waals surface area contributed by atoms with Gasteiger partial charge in [0.05, 0.1) is 17.5 Å². The summed E-state index contributed by atoms with van der Waals surface area (Å²) < 4.78 is 34.2. The lowest BCUT2D eigenvalue weighted by atomic mass is 10.0. The van der Waals surface area contributed by atoms with Crippen LogP contribution in [0, 0.1) is 0 Å². The predicted molar refractivity (Wildman–Crippen MR) is 121 cm³/mol. The molecule has 1 aliphatic rings. The Morgan fingerprint density at radius 3 is 2.69 bits per heavy atom. The molecule has 2 aromatic carbocycles. The number of carboxylic acid groups (broad SMARTS) is 1. The first-order chi connectivity index (χ1) is 15.2. The third-order valence-corrected chi connectivity index (χ3v) is 7.12. The van der Waals surface area contributed by atoms with Gasteiger partial charge in [-0.3, -0.25) is 14.6 Å².